The highest BCUT2D eigenvalue weighted by Gasteiger charge is 1.91. The van der Waals surface area contributed by atoms with Gasteiger partial charge in [-0.3, -0.25) is 4.98 Å². The summed E-state index contributed by atoms with van der Waals surface area (Å²) in [6.07, 6.45) is 5.09. The number of nitrogens with two attached hydrogens (primary N) is 1. The summed E-state index contributed by atoms with van der Waals surface area (Å²) in [6, 6.07) is 3.53. The number of rotatable bonds is 3. The van der Waals surface area contributed by atoms with Gasteiger partial charge in [-0.15, -0.1) is 0 Å². The largest absolute Gasteiger partial charge is 0.397 e. The van der Waals surface area contributed by atoms with E-state index in [-0.39, 0.29) is 0 Å². The van der Waals surface area contributed by atoms with Crippen LogP contribution in [0.4, 0.5) is 5.69 Å². The van der Waals surface area contributed by atoms with Gasteiger partial charge in [0.15, 0.2) is 0 Å². The first-order valence-electron chi connectivity index (χ1n) is 3.72. The van der Waals surface area contributed by atoms with Crippen LogP contribution in [0.2, 0.25) is 0 Å². The molecule has 0 aromatic carbocycles. The Morgan fingerprint density at radius 2 is 2.54 bits per heavy atom. The van der Waals surface area contributed by atoms with Gasteiger partial charge in [-0.1, -0.05) is 11.2 Å². The fourth-order valence-corrected chi connectivity index (χ4v) is 0.817. The molecular weight excluding hydrogens is 166 g/mol. The lowest BCUT2D eigenvalue weighted by Crippen LogP contribution is -1.90. The molecule has 5 nitrogen and oxygen atoms in total. The van der Waals surface area contributed by atoms with E-state index < -0.39 is 0 Å². The molecule has 0 aliphatic carbocycles. The van der Waals surface area contributed by atoms with E-state index in [1.54, 1.807) is 30.5 Å². The fraction of sp³-hybridized carbons (Fsp3) is 0.125. The smallest absolute Gasteiger partial charge is 0.0855 e. The predicted molar refractivity (Wildman–Crippen MR) is 51.7 cm³/mol. The number of azide groups is 1. The monoisotopic (exact) mass is 175 g/mol. The molecule has 0 saturated heterocycles. The maximum absolute atomic E-state index is 8.00. The lowest BCUT2D eigenvalue weighted by molar-refractivity contribution is 1.21. The molecule has 0 spiro atoms. The number of anilines is 1. The maximum Gasteiger partial charge on any atom is 0.0855 e. The normalized spacial score (nSPS) is 9.85. The lowest BCUT2D eigenvalue weighted by atomic mass is 10.3. The standard InChI is InChI=1S/C8H9N5/c9-7-3-1-5-11-8(7)4-2-6-12-13-10/h1-5H,6,9H2. The van der Waals surface area contributed by atoms with Crippen molar-refractivity contribution in [2.45, 2.75) is 0 Å². The van der Waals surface area contributed by atoms with Crippen LogP contribution in [0.3, 0.4) is 0 Å². The van der Waals surface area contributed by atoms with Crippen molar-refractivity contribution in [1.29, 1.82) is 0 Å². The van der Waals surface area contributed by atoms with Crippen LogP contribution in [-0.4, -0.2) is 11.5 Å². The van der Waals surface area contributed by atoms with Gasteiger partial charge in [0.25, 0.3) is 0 Å². The molecule has 0 bridgehead atoms. The quantitative estimate of drug-likeness (QED) is 0.432. The minimum absolute atomic E-state index is 0.312. The molecule has 0 radical (unpaired) electrons. The van der Waals surface area contributed by atoms with Gasteiger partial charge >= 0.3 is 0 Å². The summed E-state index contributed by atoms with van der Waals surface area (Å²) in [4.78, 5) is 6.64. The molecule has 0 amide bonds. The van der Waals surface area contributed by atoms with Gasteiger partial charge < -0.3 is 5.73 Å². The second-order valence-electron chi connectivity index (χ2n) is 2.29. The van der Waals surface area contributed by atoms with Crippen LogP contribution < -0.4 is 5.73 Å². The second kappa shape index (κ2) is 4.79. The minimum atomic E-state index is 0.312. The van der Waals surface area contributed by atoms with Crippen LogP contribution in [-0.2, 0) is 0 Å². The summed E-state index contributed by atoms with van der Waals surface area (Å²) < 4.78 is 0. The average Bonchev–Trinajstić information content (AvgIpc) is 2.15. The summed E-state index contributed by atoms with van der Waals surface area (Å²) in [5.41, 5.74) is 14.9. The highest BCUT2D eigenvalue weighted by atomic mass is 15.1. The Morgan fingerprint density at radius 3 is 3.23 bits per heavy atom. The number of aromatic nitrogens is 1. The Kier molecular flexibility index (Phi) is 3.35. The van der Waals surface area contributed by atoms with Gasteiger partial charge in [0.2, 0.25) is 0 Å². The van der Waals surface area contributed by atoms with Gasteiger partial charge in [0.05, 0.1) is 11.4 Å². The Bertz CT molecular complexity index is 351. The molecular formula is C8H9N5. The number of pyridine rings is 1. The average molecular weight is 175 g/mol. The molecule has 0 fully saturated rings. The third-order valence-electron chi connectivity index (χ3n) is 1.40. The highest BCUT2D eigenvalue weighted by Crippen LogP contribution is 2.08. The first kappa shape index (κ1) is 9.09. The Labute approximate surface area is 75.5 Å². The van der Waals surface area contributed by atoms with Crippen molar-refractivity contribution in [2.75, 3.05) is 12.3 Å². The van der Waals surface area contributed by atoms with Crippen molar-refractivity contribution >= 4 is 11.8 Å². The Balaban J connectivity index is 2.68. The molecule has 2 N–H and O–H groups in total. The molecule has 1 heterocycles. The fourth-order valence-electron chi connectivity index (χ4n) is 0.817. The van der Waals surface area contributed by atoms with E-state index in [1.807, 2.05) is 0 Å². The highest BCUT2D eigenvalue weighted by molar-refractivity contribution is 5.60. The number of hydrogen-bond acceptors (Lipinski definition) is 3. The SMILES string of the molecule is [N-]=[N+]=NCC=Cc1ncccc1N. The third-order valence-corrected chi connectivity index (χ3v) is 1.40. The van der Waals surface area contributed by atoms with E-state index in [4.69, 9.17) is 11.3 Å². The van der Waals surface area contributed by atoms with Crippen molar-refractivity contribution in [3.8, 4) is 0 Å². The van der Waals surface area contributed by atoms with Crippen molar-refractivity contribution < 1.29 is 0 Å². The summed E-state index contributed by atoms with van der Waals surface area (Å²) in [7, 11) is 0. The molecule has 5 heteroatoms. The van der Waals surface area contributed by atoms with Gasteiger partial charge in [-0.05, 0) is 23.7 Å². The van der Waals surface area contributed by atoms with Gasteiger partial charge in [-0.2, -0.15) is 0 Å². The molecule has 66 valence electrons. The summed E-state index contributed by atoms with van der Waals surface area (Å²) in [6.45, 7) is 0.312. The zero-order valence-electron chi connectivity index (χ0n) is 6.96. The summed E-state index contributed by atoms with van der Waals surface area (Å²) in [5.74, 6) is 0. The zero-order chi connectivity index (χ0) is 9.52. The van der Waals surface area contributed by atoms with Crippen LogP contribution in [0.15, 0.2) is 29.5 Å². The molecule has 0 atom stereocenters. The van der Waals surface area contributed by atoms with Crippen molar-refractivity contribution in [2.24, 2.45) is 5.11 Å². The van der Waals surface area contributed by atoms with E-state index >= 15 is 0 Å². The minimum Gasteiger partial charge on any atom is -0.397 e. The molecule has 1 rings (SSSR count). The van der Waals surface area contributed by atoms with E-state index in [0.717, 1.165) is 0 Å². The first-order chi connectivity index (χ1) is 6.34. The van der Waals surface area contributed by atoms with E-state index in [2.05, 4.69) is 15.0 Å². The van der Waals surface area contributed by atoms with Crippen LogP contribution in [0.1, 0.15) is 5.69 Å². The molecule has 1 aromatic rings. The summed E-state index contributed by atoms with van der Waals surface area (Å²) >= 11 is 0. The first-order valence-corrected chi connectivity index (χ1v) is 3.72. The van der Waals surface area contributed by atoms with Crippen LogP contribution in [0.5, 0.6) is 0 Å². The van der Waals surface area contributed by atoms with Crippen molar-refractivity contribution in [1.82, 2.24) is 4.98 Å². The Morgan fingerprint density at radius 1 is 1.69 bits per heavy atom. The maximum atomic E-state index is 8.00. The van der Waals surface area contributed by atoms with Gasteiger partial charge in [-0.25, -0.2) is 0 Å². The third kappa shape index (κ3) is 2.84. The van der Waals surface area contributed by atoms with Gasteiger partial charge in [0, 0.05) is 17.7 Å². The van der Waals surface area contributed by atoms with Crippen molar-refractivity contribution in [3.63, 3.8) is 0 Å². The predicted octanol–water partition coefficient (Wildman–Crippen LogP) is 1.99. The zero-order valence-corrected chi connectivity index (χ0v) is 6.96. The number of hydrogen-bond donors (Lipinski definition) is 1. The molecule has 0 aliphatic heterocycles. The molecule has 13 heavy (non-hydrogen) atoms. The molecule has 0 unspecified atom stereocenters. The van der Waals surface area contributed by atoms with E-state index in [9.17, 15) is 0 Å². The number of nitrogens with zero attached hydrogens (tertiary/aromatic N) is 4. The van der Waals surface area contributed by atoms with Crippen LogP contribution >= 0.6 is 0 Å². The summed E-state index contributed by atoms with van der Waals surface area (Å²) in [5, 5.41) is 3.34. The Hall–Kier alpha value is -2.00. The molecule has 1 aromatic heterocycles. The number of nitrogen functional groups attached to an aromatic ring is 1. The van der Waals surface area contributed by atoms with Crippen LogP contribution in [0, 0.1) is 0 Å². The van der Waals surface area contributed by atoms with E-state index in [0.29, 0.717) is 17.9 Å². The lowest BCUT2D eigenvalue weighted by Gasteiger charge is -1.95. The van der Waals surface area contributed by atoms with E-state index in [1.165, 1.54) is 0 Å². The van der Waals surface area contributed by atoms with Gasteiger partial charge in [0.1, 0.15) is 0 Å². The molecule has 0 saturated carbocycles. The topological polar surface area (TPSA) is 87.7 Å². The second-order valence-corrected chi connectivity index (χ2v) is 2.29. The molecule has 0 aliphatic rings. The van der Waals surface area contributed by atoms with Crippen molar-refractivity contribution in [3.05, 3.63) is 40.5 Å². The van der Waals surface area contributed by atoms with Crippen LogP contribution in [0.25, 0.3) is 16.5 Å².